The van der Waals surface area contributed by atoms with Crippen LogP contribution in [0.25, 0.3) is 19.8 Å². The van der Waals surface area contributed by atoms with Crippen LogP contribution in [0.3, 0.4) is 0 Å². The summed E-state index contributed by atoms with van der Waals surface area (Å²) in [6.07, 6.45) is 2.04. The third-order valence-electron chi connectivity index (χ3n) is 4.66. The van der Waals surface area contributed by atoms with E-state index in [4.69, 9.17) is 0 Å². The predicted molar refractivity (Wildman–Crippen MR) is 112 cm³/mol. The summed E-state index contributed by atoms with van der Waals surface area (Å²) in [6.45, 7) is 13.8. The first kappa shape index (κ1) is 17.2. The molecule has 0 fully saturated rings. The fraction of sp³-hybridized carbons (Fsp3) is 0.333. The number of hydrogen-bond acceptors (Lipinski definition) is 3. The van der Waals surface area contributed by atoms with Crippen molar-refractivity contribution < 1.29 is 0 Å². The van der Waals surface area contributed by atoms with Gasteiger partial charge in [-0.25, -0.2) is 0 Å². The van der Waals surface area contributed by atoms with Crippen molar-refractivity contribution in [3.05, 3.63) is 52.9 Å². The summed E-state index contributed by atoms with van der Waals surface area (Å²) in [7, 11) is 2.17. The van der Waals surface area contributed by atoms with Gasteiger partial charge in [0.05, 0.1) is 0 Å². The monoisotopic (exact) mass is 355 g/mol. The lowest BCUT2D eigenvalue weighted by molar-refractivity contribution is 0.915. The number of benzene rings is 1. The molecule has 2 heterocycles. The second-order valence-corrected chi connectivity index (χ2v) is 8.81. The number of rotatable bonds is 5. The Hall–Kier alpha value is -1.58. The molecule has 2 aromatic heterocycles. The van der Waals surface area contributed by atoms with Gasteiger partial charge in [0.1, 0.15) is 0 Å². The Kier molecular flexibility index (Phi) is 4.84. The number of allylic oxidation sites excluding steroid dienone is 1. The Morgan fingerprint density at radius 1 is 1.17 bits per heavy atom. The first-order chi connectivity index (χ1) is 11.4. The van der Waals surface area contributed by atoms with Gasteiger partial charge in [-0.1, -0.05) is 13.0 Å². The molecule has 0 saturated carbocycles. The summed E-state index contributed by atoms with van der Waals surface area (Å²) >= 11 is 3.80. The molecule has 0 amide bonds. The Labute approximate surface area is 153 Å². The van der Waals surface area contributed by atoms with E-state index in [2.05, 4.69) is 70.5 Å². The minimum absolute atomic E-state index is 0.354. The normalized spacial score (nSPS) is 12.5. The Balaban J connectivity index is 2.19. The lowest BCUT2D eigenvalue weighted by Gasteiger charge is -2.23. The molecule has 0 N–H and O–H groups in total. The molecule has 126 valence electrons. The summed E-state index contributed by atoms with van der Waals surface area (Å²) in [5.74, 6) is 0.354. The number of hydrogen-bond donors (Lipinski definition) is 0. The Morgan fingerprint density at radius 2 is 1.92 bits per heavy atom. The summed E-state index contributed by atoms with van der Waals surface area (Å²) < 4.78 is 1.37. The first-order valence-electron chi connectivity index (χ1n) is 8.43. The summed E-state index contributed by atoms with van der Waals surface area (Å²) in [4.78, 5) is 6.51. The topological polar surface area (TPSA) is 3.24 Å². The Morgan fingerprint density at radius 3 is 2.50 bits per heavy atom. The minimum Gasteiger partial charge on any atom is -0.375 e. The van der Waals surface area contributed by atoms with E-state index in [9.17, 15) is 0 Å². The molecular formula is C21H25NS2. The molecule has 0 spiro atoms. The lowest BCUT2D eigenvalue weighted by atomic mass is 9.97. The number of anilines is 1. The van der Waals surface area contributed by atoms with Crippen molar-refractivity contribution in [2.24, 2.45) is 0 Å². The molecule has 1 nitrogen and oxygen atoms in total. The van der Waals surface area contributed by atoms with E-state index in [1.807, 2.05) is 28.7 Å². The van der Waals surface area contributed by atoms with Crippen molar-refractivity contribution >= 4 is 38.4 Å². The standard InChI is InChI=1S/C21H25NS2/c1-7-13(3)17-10-16-11-20(21-14(4)9-15(5)23-21)24-19(16)12-18(17)22(6)8-2/h7,9-13H,1,8H2,2-6H3. The summed E-state index contributed by atoms with van der Waals surface area (Å²) in [5.41, 5.74) is 4.07. The molecule has 0 radical (unpaired) electrons. The third kappa shape index (κ3) is 3.03. The van der Waals surface area contributed by atoms with Crippen LogP contribution in [-0.2, 0) is 0 Å². The van der Waals surface area contributed by atoms with E-state index in [1.165, 1.54) is 41.5 Å². The van der Waals surface area contributed by atoms with Gasteiger partial charge in [0.25, 0.3) is 0 Å². The van der Waals surface area contributed by atoms with Crippen LogP contribution in [0.15, 0.2) is 36.9 Å². The lowest BCUT2D eigenvalue weighted by Crippen LogP contribution is -2.17. The van der Waals surface area contributed by atoms with Crippen molar-refractivity contribution in [2.75, 3.05) is 18.5 Å². The van der Waals surface area contributed by atoms with Crippen molar-refractivity contribution in [2.45, 2.75) is 33.6 Å². The average Bonchev–Trinajstić information content (AvgIpc) is 3.13. The fourth-order valence-electron chi connectivity index (χ4n) is 3.08. The smallest absolute Gasteiger partial charge is 0.0474 e. The molecule has 3 heteroatoms. The van der Waals surface area contributed by atoms with Crippen LogP contribution in [-0.4, -0.2) is 13.6 Å². The Bertz CT molecular complexity index is 885. The molecule has 0 aliphatic carbocycles. The van der Waals surface area contributed by atoms with Gasteiger partial charge in [-0.15, -0.1) is 29.3 Å². The van der Waals surface area contributed by atoms with Crippen LogP contribution in [0, 0.1) is 13.8 Å². The highest BCUT2D eigenvalue weighted by Crippen LogP contribution is 2.42. The highest BCUT2D eigenvalue weighted by Gasteiger charge is 2.16. The van der Waals surface area contributed by atoms with E-state index in [-0.39, 0.29) is 0 Å². The average molecular weight is 356 g/mol. The van der Waals surface area contributed by atoms with Crippen LogP contribution < -0.4 is 4.90 Å². The zero-order valence-corrected chi connectivity index (χ0v) is 16.8. The zero-order valence-electron chi connectivity index (χ0n) is 15.1. The van der Waals surface area contributed by atoms with Gasteiger partial charge >= 0.3 is 0 Å². The molecule has 1 aromatic carbocycles. The second kappa shape index (κ2) is 6.73. The van der Waals surface area contributed by atoms with E-state index in [0.717, 1.165) is 6.54 Å². The number of thiophene rings is 2. The minimum atomic E-state index is 0.354. The van der Waals surface area contributed by atoms with Gasteiger partial charge in [0, 0.05) is 44.5 Å². The summed E-state index contributed by atoms with van der Waals surface area (Å²) in [5, 5.41) is 1.34. The highest BCUT2D eigenvalue weighted by molar-refractivity contribution is 7.26. The maximum absolute atomic E-state index is 4.00. The quantitative estimate of drug-likeness (QED) is 0.446. The molecule has 0 aliphatic rings. The van der Waals surface area contributed by atoms with E-state index in [1.54, 1.807) is 0 Å². The second-order valence-electron chi connectivity index (χ2n) is 6.47. The largest absolute Gasteiger partial charge is 0.375 e. The first-order valence-corrected chi connectivity index (χ1v) is 10.1. The van der Waals surface area contributed by atoms with Crippen LogP contribution in [0.1, 0.15) is 35.8 Å². The molecule has 0 bridgehead atoms. The van der Waals surface area contributed by atoms with E-state index in [0.29, 0.717) is 5.92 Å². The summed E-state index contributed by atoms with van der Waals surface area (Å²) in [6, 6.07) is 9.36. The highest BCUT2D eigenvalue weighted by atomic mass is 32.1. The van der Waals surface area contributed by atoms with Gasteiger partial charge in [0.2, 0.25) is 0 Å². The fourth-order valence-corrected chi connectivity index (χ4v) is 5.35. The molecule has 1 unspecified atom stereocenters. The van der Waals surface area contributed by atoms with Crippen LogP contribution >= 0.6 is 22.7 Å². The molecular weight excluding hydrogens is 330 g/mol. The van der Waals surface area contributed by atoms with Crippen LogP contribution in [0.5, 0.6) is 0 Å². The number of nitrogens with zero attached hydrogens (tertiary/aromatic N) is 1. The number of fused-ring (bicyclic) bond motifs is 1. The molecule has 0 saturated heterocycles. The molecule has 3 rings (SSSR count). The van der Waals surface area contributed by atoms with Crippen molar-refractivity contribution in [3.8, 4) is 9.75 Å². The molecule has 0 aliphatic heterocycles. The van der Waals surface area contributed by atoms with Crippen molar-refractivity contribution in [3.63, 3.8) is 0 Å². The third-order valence-corrected chi connectivity index (χ3v) is 7.09. The van der Waals surface area contributed by atoms with Crippen LogP contribution in [0.2, 0.25) is 0 Å². The molecule has 3 aromatic rings. The van der Waals surface area contributed by atoms with Gasteiger partial charge in [0.15, 0.2) is 0 Å². The van der Waals surface area contributed by atoms with E-state index >= 15 is 0 Å². The zero-order chi connectivity index (χ0) is 17.4. The van der Waals surface area contributed by atoms with E-state index < -0.39 is 0 Å². The van der Waals surface area contributed by atoms with Gasteiger partial charge in [-0.05, 0) is 61.5 Å². The van der Waals surface area contributed by atoms with Gasteiger partial charge in [-0.3, -0.25) is 0 Å². The maximum Gasteiger partial charge on any atom is 0.0474 e. The number of aryl methyl sites for hydroxylation is 2. The maximum atomic E-state index is 4.00. The van der Waals surface area contributed by atoms with Crippen molar-refractivity contribution in [1.29, 1.82) is 0 Å². The van der Waals surface area contributed by atoms with Gasteiger partial charge in [-0.2, -0.15) is 0 Å². The van der Waals surface area contributed by atoms with Crippen molar-refractivity contribution in [1.82, 2.24) is 0 Å². The molecule has 1 atom stereocenters. The molecule has 24 heavy (non-hydrogen) atoms. The SMILES string of the molecule is C=CC(C)c1cc2cc(-c3sc(C)cc3C)sc2cc1N(C)CC. The predicted octanol–water partition coefficient (Wildman–Crippen LogP) is 6.99. The van der Waals surface area contributed by atoms with Crippen LogP contribution in [0.4, 0.5) is 5.69 Å². The van der Waals surface area contributed by atoms with Gasteiger partial charge < -0.3 is 4.90 Å².